The van der Waals surface area contributed by atoms with Gasteiger partial charge in [-0.3, -0.25) is 14.9 Å². The summed E-state index contributed by atoms with van der Waals surface area (Å²) in [7, 11) is 0. The van der Waals surface area contributed by atoms with Crippen LogP contribution in [0.25, 0.3) is 0 Å². The molecule has 6 nitrogen and oxygen atoms in total. The fourth-order valence-corrected chi connectivity index (χ4v) is 2.56. The highest BCUT2D eigenvalue weighted by Crippen LogP contribution is 2.23. The maximum absolute atomic E-state index is 12.3. The first kappa shape index (κ1) is 17.4. The summed E-state index contributed by atoms with van der Waals surface area (Å²) in [5.74, 6) is 0.190. The summed E-state index contributed by atoms with van der Waals surface area (Å²) in [6.07, 6.45) is 1.47. The third-order valence-corrected chi connectivity index (χ3v) is 3.82. The predicted octanol–water partition coefficient (Wildman–Crippen LogP) is 2.00. The van der Waals surface area contributed by atoms with Crippen molar-refractivity contribution in [3.8, 4) is 0 Å². The molecule has 1 fully saturated rings. The minimum Gasteiger partial charge on any atom is -0.338 e. The average molecular weight is 314 g/mol. The second-order valence-electron chi connectivity index (χ2n) is 5.10. The van der Waals surface area contributed by atoms with Gasteiger partial charge in [0.1, 0.15) is 0 Å². The van der Waals surface area contributed by atoms with Gasteiger partial charge in [0.2, 0.25) is 0 Å². The molecule has 21 heavy (non-hydrogen) atoms. The molecule has 1 aromatic rings. The second-order valence-corrected chi connectivity index (χ2v) is 5.10. The van der Waals surface area contributed by atoms with E-state index < -0.39 is 4.92 Å². The van der Waals surface area contributed by atoms with Gasteiger partial charge in [0.05, 0.1) is 4.92 Å². The number of nitrogens with zero attached hydrogens (tertiary/aromatic N) is 2. The van der Waals surface area contributed by atoms with Crippen LogP contribution in [0, 0.1) is 16.0 Å². The first-order chi connectivity index (χ1) is 9.56. The highest BCUT2D eigenvalue weighted by molar-refractivity contribution is 5.95. The molecule has 1 unspecified atom stereocenters. The van der Waals surface area contributed by atoms with Crippen LogP contribution >= 0.6 is 12.4 Å². The number of nitro groups is 1. The summed E-state index contributed by atoms with van der Waals surface area (Å²) < 4.78 is 0. The molecule has 0 aliphatic carbocycles. The summed E-state index contributed by atoms with van der Waals surface area (Å²) in [6, 6.07) is 4.72. The number of amides is 1. The van der Waals surface area contributed by atoms with E-state index in [0.717, 1.165) is 6.42 Å². The number of aryl methyl sites for hydroxylation is 1. The fraction of sp³-hybridized carbons (Fsp3) is 0.500. The summed E-state index contributed by atoms with van der Waals surface area (Å²) in [5.41, 5.74) is 6.66. The molecule has 1 atom stereocenters. The van der Waals surface area contributed by atoms with E-state index in [2.05, 4.69) is 0 Å². The van der Waals surface area contributed by atoms with E-state index in [9.17, 15) is 14.9 Å². The molecule has 0 radical (unpaired) electrons. The van der Waals surface area contributed by atoms with E-state index in [1.807, 2.05) is 6.92 Å². The number of nitro benzene ring substituents is 1. The lowest BCUT2D eigenvalue weighted by molar-refractivity contribution is -0.385. The quantitative estimate of drug-likeness (QED) is 0.680. The number of halogens is 1. The number of rotatable bonds is 4. The molecule has 1 aliphatic rings. The monoisotopic (exact) mass is 313 g/mol. The van der Waals surface area contributed by atoms with E-state index in [1.165, 1.54) is 6.07 Å². The zero-order valence-corrected chi connectivity index (χ0v) is 12.8. The van der Waals surface area contributed by atoms with Crippen LogP contribution in [-0.2, 0) is 6.42 Å². The minimum absolute atomic E-state index is 0. The van der Waals surface area contributed by atoms with Crippen LogP contribution in [0.2, 0.25) is 0 Å². The van der Waals surface area contributed by atoms with E-state index >= 15 is 0 Å². The van der Waals surface area contributed by atoms with Crippen LogP contribution in [0.15, 0.2) is 18.2 Å². The molecule has 0 spiro atoms. The standard InChI is InChI=1S/C14H19N3O3.ClH/c1-2-11-3-4-12(7-13(11)17(19)20)14(18)16-6-5-10(8-15)9-16;/h3-4,7,10H,2,5-6,8-9,15H2,1H3;1H. The zero-order chi connectivity index (χ0) is 14.7. The van der Waals surface area contributed by atoms with Gasteiger partial charge in [0, 0.05) is 30.3 Å². The van der Waals surface area contributed by atoms with Gasteiger partial charge in [0.25, 0.3) is 11.6 Å². The Morgan fingerprint density at radius 3 is 2.76 bits per heavy atom. The van der Waals surface area contributed by atoms with Crippen molar-refractivity contribution in [2.24, 2.45) is 11.7 Å². The molecule has 1 heterocycles. The Bertz CT molecular complexity index is 536. The predicted molar refractivity (Wildman–Crippen MR) is 82.8 cm³/mol. The number of carbonyl (C=O) groups excluding carboxylic acids is 1. The lowest BCUT2D eigenvalue weighted by Gasteiger charge is -2.16. The average Bonchev–Trinajstić information content (AvgIpc) is 2.94. The molecule has 0 saturated carbocycles. The molecular weight excluding hydrogens is 294 g/mol. The zero-order valence-electron chi connectivity index (χ0n) is 11.9. The van der Waals surface area contributed by atoms with Crippen molar-refractivity contribution < 1.29 is 9.72 Å². The Morgan fingerprint density at radius 2 is 2.24 bits per heavy atom. The molecule has 0 aromatic heterocycles. The van der Waals surface area contributed by atoms with Gasteiger partial charge in [-0.25, -0.2) is 0 Å². The molecule has 2 rings (SSSR count). The van der Waals surface area contributed by atoms with Gasteiger partial charge in [-0.05, 0) is 31.4 Å². The van der Waals surface area contributed by atoms with Crippen molar-refractivity contribution in [3.05, 3.63) is 39.4 Å². The van der Waals surface area contributed by atoms with E-state index in [0.29, 0.717) is 43.1 Å². The van der Waals surface area contributed by atoms with Crippen LogP contribution in [0.3, 0.4) is 0 Å². The first-order valence-corrected chi connectivity index (χ1v) is 6.83. The molecule has 1 aromatic carbocycles. The van der Waals surface area contributed by atoms with Gasteiger partial charge in [-0.1, -0.05) is 13.0 Å². The minimum atomic E-state index is -0.428. The molecule has 1 amide bonds. The topological polar surface area (TPSA) is 89.5 Å². The summed E-state index contributed by atoms with van der Waals surface area (Å²) in [5, 5.41) is 11.0. The SMILES string of the molecule is CCc1ccc(C(=O)N2CCC(CN)C2)cc1[N+](=O)[O-].Cl. The van der Waals surface area contributed by atoms with E-state index in [4.69, 9.17) is 5.73 Å². The van der Waals surface area contributed by atoms with E-state index in [-0.39, 0.29) is 24.0 Å². The number of benzene rings is 1. The summed E-state index contributed by atoms with van der Waals surface area (Å²) in [4.78, 5) is 24.7. The van der Waals surface area contributed by atoms with Crippen LogP contribution in [-0.4, -0.2) is 35.4 Å². The molecular formula is C14H20ClN3O3. The lowest BCUT2D eigenvalue weighted by Crippen LogP contribution is -2.29. The first-order valence-electron chi connectivity index (χ1n) is 6.83. The number of carbonyl (C=O) groups is 1. The van der Waals surface area contributed by atoms with Crippen LogP contribution in [0.5, 0.6) is 0 Å². The van der Waals surface area contributed by atoms with Gasteiger partial charge in [0.15, 0.2) is 0 Å². The Hall–Kier alpha value is -1.66. The van der Waals surface area contributed by atoms with Gasteiger partial charge >= 0.3 is 0 Å². The van der Waals surface area contributed by atoms with Crippen LogP contribution in [0.4, 0.5) is 5.69 Å². The second kappa shape index (κ2) is 7.38. The maximum Gasteiger partial charge on any atom is 0.273 e. The van der Waals surface area contributed by atoms with Crippen LogP contribution in [0.1, 0.15) is 29.3 Å². The van der Waals surface area contributed by atoms with Gasteiger partial charge < -0.3 is 10.6 Å². The normalized spacial score (nSPS) is 17.4. The highest BCUT2D eigenvalue weighted by atomic mass is 35.5. The van der Waals surface area contributed by atoms with Crippen molar-refractivity contribution in [1.29, 1.82) is 0 Å². The number of likely N-dealkylation sites (tertiary alicyclic amines) is 1. The fourth-order valence-electron chi connectivity index (χ4n) is 2.56. The largest absolute Gasteiger partial charge is 0.338 e. The molecule has 0 bridgehead atoms. The highest BCUT2D eigenvalue weighted by Gasteiger charge is 2.27. The summed E-state index contributed by atoms with van der Waals surface area (Å²) in [6.45, 7) is 3.73. The number of nitrogens with two attached hydrogens (primary N) is 1. The lowest BCUT2D eigenvalue weighted by atomic mass is 10.1. The van der Waals surface area contributed by atoms with Crippen molar-refractivity contribution in [2.45, 2.75) is 19.8 Å². The molecule has 116 valence electrons. The van der Waals surface area contributed by atoms with Gasteiger partial charge in [-0.15, -0.1) is 12.4 Å². The Kier molecular flexibility index (Phi) is 6.11. The van der Waals surface area contributed by atoms with Crippen molar-refractivity contribution >= 4 is 24.0 Å². The van der Waals surface area contributed by atoms with Gasteiger partial charge in [-0.2, -0.15) is 0 Å². The molecule has 7 heteroatoms. The molecule has 2 N–H and O–H groups in total. The molecule has 1 aliphatic heterocycles. The Balaban J connectivity index is 0.00000220. The number of hydrogen-bond acceptors (Lipinski definition) is 4. The Morgan fingerprint density at radius 1 is 1.52 bits per heavy atom. The maximum atomic E-state index is 12.3. The van der Waals surface area contributed by atoms with Crippen molar-refractivity contribution in [1.82, 2.24) is 4.90 Å². The van der Waals surface area contributed by atoms with Crippen LogP contribution < -0.4 is 5.73 Å². The summed E-state index contributed by atoms with van der Waals surface area (Å²) >= 11 is 0. The molecule has 1 saturated heterocycles. The van der Waals surface area contributed by atoms with Crippen molar-refractivity contribution in [2.75, 3.05) is 19.6 Å². The van der Waals surface area contributed by atoms with Crippen molar-refractivity contribution in [3.63, 3.8) is 0 Å². The number of hydrogen-bond donors (Lipinski definition) is 1. The smallest absolute Gasteiger partial charge is 0.273 e. The third-order valence-electron chi connectivity index (χ3n) is 3.82. The van der Waals surface area contributed by atoms with E-state index in [1.54, 1.807) is 17.0 Å². The third kappa shape index (κ3) is 3.71. The Labute approximate surface area is 129 Å².